The SMILES string of the molecule is CCOC(Cc1ccc(OCCC2c3cccc(OC)c3-c3c(OC)cccc32)cc1)C(=O)O. The van der Waals surface area contributed by atoms with Crippen molar-refractivity contribution in [3.63, 3.8) is 0 Å². The molecule has 0 saturated carbocycles. The van der Waals surface area contributed by atoms with Crippen LogP contribution in [0.4, 0.5) is 0 Å². The number of aliphatic carboxylic acids is 1. The molecule has 1 aliphatic rings. The van der Waals surface area contributed by atoms with Gasteiger partial charge in [-0.1, -0.05) is 36.4 Å². The maximum absolute atomic E-state index is 11.3. The van der Waals surface area contributed by atoms with Crippen LogP contribution in [0.2, 0.25) is 0 Å². The summed E-state index contributed by atoms with van der Waals surface area (Å²) in [5.41, 5.74) is 5.51. The smallest absolute Gasteiger partial charge is 0.333 e. The maximum atomic E-state index is 11.3. The lowest BCUT2D eigenvalue weighted by atomic mass is 9.94. The molecule has 0 spiro atoms. The van der Waals surface area contributed by atoms with Crippen molar-refractivity contribution in [2.75, 3.05) is 27.4 Å². The Hall–Kier alpha value is -3.51. The number of carboxylic acid groups (broad SMARTS) is 1. The minimum absolute atomic E-state index is 0.178. The van der Waals surface area contributed by atoms with Gasteiger partial charge in [0.1, 0.15) is 17.2 Å². The Morgan fingerprint density at radius 1 is 0.912 bits per heavy atom. The van der Waals surface area contributed by atoms with E-state index in [1.54, 1.807) is 21.1 Å². The number of hydrogen-bond acceptors (Lipinski definition) is 5. The quantitative estimate of drug-likeness (QED) is 0.416. The number of carboxylic acids is 1. The van der Waals surface area contributed by atoms with Crippen LogP contribution in [0.3, 0.4) is 0 Å². The zero-order chi connectivity index (χ0) is 24.1. The molecule has 0 saturated heterocycles. The normalized spacial score (nSPS) is 13.1. The van der Waals surface area contributed by atoms with E-state index in [4.69, 9.17) is 18.9 Å². The van der Waals surface area contributed by atoms with E-state index in [9.17, 15) is 9.90 Å². The summed E-state index contributed by atoms with van der Waals surface area (Å²) < 4.78 is 22.7. The van der Waals surface area contributed by atoms with Crippen LogP contribution >= 0.6 is 0 Å². The monoisotopic (exact) mass is 462 g/mol. The summed E-state index contributed by atoms with van der Waals surface area (Å²) in [5, 5.41) is 9.28. The Labute approximate surface area is 200 Å². The minimum Gasteiger partial charge on any atom is -0.496 e. The molecule has 3 aromatic carbocycles. The van der Waals surface area contributed by atoms with Crippen LogP contribution in [0.5, 0.6) is 17.2 Å². The van der Waals surface area contributed by atoms with Crippen molar-refractivity contribution in [1.82, 2.24) is 0 Å². The van der Waals surface area contributed by atoms with Crippen LogP contribution in [0.25, 0.3) is 11.1 Å². The van der Waals surface area contributed by atoms with Gasteiger partial charge < -0.3 is 24.1 Å². The highest BCUT2D eigenvalue weighted by atomic mass is 16.5. The molecular formula is C28H30O6. The van der Waals surface area contributed by atoms with E-state index in [2.05, 4.69) is 12.1 Å². The summed E-state index contributed by atoms with van der Waals surface area (Å²) in [4.78, 5) is 11.3. The van der Waals surface area contributed by atoms with Gasteiger partial charge >= 0.3 is 5.97 Å². The van der Waals surface area contributed by atoms with E-state index in [1.807, 2.05) is 48.5 Å². The third-order valence-electron chi connectivity index (χ3n) is 6.22. The summed E-state index contributed by atoms with van der Waals surface area (Å²) in [5.74, 6) is 1.66. The van der Waals surface area contributed by atoms with Gasteiger partial charge in [0.05, 0.1) is 20.8 Å². The predicted molar refractivity (Wildman–Crippen MR) is 130 cm³/mol. The lowest BCUT2D eigenvalue weighted by molar-refractivity contribution is -0.149. The lowest BCUT2D eigenvalue weighted by Crippen LogP contribution is -2.26. The predicted octanol–water partition coefficient (Wildman–Crippen LogP) is 5.32. The number of benzene rings is 3. The molecule has 1 aliphatic carbocycles. The summed E-state index contributed by atoms with van der Waals surface area (Å²) >= 11 is 0. The summed E-state index contributed by atoms with van der Waals surface area (Å²) in [6.07, 6.45) is 0.282. The first-order valence-electron chi connectivity index (χ1n) is 11.5. The molecule has 0 aliphatic heterocycles. The highest BCUT2D eigenvalue weighted by Crippen LogP contribution is 2.53. The fourth-order valence-electron chi connectivity index (χ4n) is 4.68. The van der Waals surface area contributed by atoms with Gasteiger partial charge in [0.15, 0.2) is 6.10 Å². The Morgan fingerprint density at radius 2 is 1.50 bits per heavy atom. The molecule has 6 nitrogen and oxygen atoms in total. The molecule has 0 amide bonds. The van der Waals surface area contributed by atoms with Crippen LogP contribution in [0.15, 0.2) is 60.7 Å². The second-order valence-electron chi connectivity index (χ2n) is 8.17. The van der Waals surface area contributed by atoms with Gasteiger partial charge in [-0.3, -0.25) is 0 Å². The van der Waals surface area contributed by atoms with Crippen LogP contribution < -0.4 is 14.2 Å². The molecule has 0 fully saturated rings. The van der Waals surface area contributed by atoms with Gasteiger partial charge in [-0.2, -0.15) is 0 Å². The Bertz CT molecular complexity index is 1080. The highest BCUT2D eigenvalue weighted by molar-refractivity contribution is 5.87. The Kier molecular flexibility index (Phi) is 7.38. The molecule has 178 valence electrons. The number of methoxy groups -OCH3 is 2. The molecule has 0 heterocycles. The molecule has 1 unspecified atom stereocenters. The number of carbonyl (C=O) groups is 1. The first-order valence-corrected chi connectivity index (χ1v) is 11.5. The van der Waals surface area contributed by atoms with Gasteiger partial charge in [-0.15, -0.1) is 0 Å². The van der Waals surface area contributed by atoms with Crippen molar-refractivity contribution in [2.24, 2.45) is 0 Å². The standard InChI is InChI=1S/C28H30O6/c1-4-33-25(28(29)30)17-18-11-13-19(14-12-18)34-16-15-20-21-7-5-9-23(31-2)26(21)27-22(20)8-6-10-24(27)32-3/h5-14,20,25H,4,15-17H2,1-3H3,(H,29,30). The number of fused-ring (bicyclic) bond motifs is 3. The van der Waals surface area contributed by atoms with Gasteiger partial charge in [0.2, 0.25) is 0 Å². The molecule has 0 radical (unpaired) electrons. The second kappa shape index (κ2) is 10.6. The number of rotatable bonds is 11. The molecule has 0 aromatic heterocycles. The van der Waals surface area contributed by atoms with Crippen LogP contribution in [0, 0.1) is 0 Å². The molecule has 1 atom stereocenters. The van der Waals surface area contributed by atoms with Crippen molar-refractivity contribution >= 4 is 5.97 Å². The molecule has 6 heteroatoms. The molecule has 4 rings (SSSR count). The van der Waals surface area contributed by atoms with E-state index in [0.717, 1.165) is 40.4 Å². The average Bonchev–Trinajstić information content (AvgIpc) is 3.18. The fraction of sp³-hybridized carbons (Fsp3) is 0.321. The topological polar surface area (TPSA) is 74.2 Å². The number of hydrogen-bond donors (Lipinski definition) is 1. The van der Waals surface area contributed by atoms with Crippen LogP contribution in [0.1, 0.15) is 36.0 Å². The highest BCUT2D eigenvalue weighted by Gasteiger charge is 2.33. The molecule has 34 heavy (non-hydrogen) atoms. The summed E-state index contributed by atoms with van der Waals surface area (Å²) in [6.45, 7) is 2.69. The van der Waals surface area contributed by atoms with Crippen molar-refractivity contribution in [2.45, 2.75) is 31.8 Å². The summed E-state index contributed by atoms with van der Waals surface area (Å²) in [6, 6.07) is 19.8. The Balaban J connectivity index is 1.46. The maximum Gasteiger partial charge on any atom is 0.333 e. The van der Waals surface area contributed by atoms with Gasteiger partial charge in [0.25, 0.3) is 0 Å². The molecule has 1 N–H and O–H groups in total. The Morgan fingerprint density at radius 3 is 2.00 bits per heavy atom. The first-order chi connectivity index (χ1) is 16.6. The third kappa shape index (κ3) is 4.73. The third-order valence-corrected chi connectivity index (χ3v) is 6.22. The number of ether oxygens (including phenoxy) is 4. The zero-order valence-electron chi connectivity index (χ0n) is 19.7. The van der Waals surface area contributed by atoms with E-state index < -0.39 is 12.1 Å². The fourth-order valence-corrected chi connectivity index (χ4v) is 4.68. The van der Waals surface area contributed by atoms with E-state index >= 15 is 0 Å². The zero-order valence-corrected chi connectivity index (χ0v) is 19.7. The van der Waals surface area contributed by atoms with Gasteiger partial charge in [0, 0.05) is 30.1 Å². The van der Waals surface area contributed by atoms with Gasteiger partial charge in [-0.25, -0.2) is 4.79 Å². The molecule has 0 bridgehead atoms. The first kappa shape index (κ1) is 23.6. The average molecular weight is 463 g/mol. The van der Waals surface area contributed by atoms with Crippen molar-refractivity contribution in [3.8, 4) is 28.4 Å². The van der Waals surface area contributed by atoms with E-state index in [1.165, 1.54) is 11.1 Å². The minimum atomic E-state index is -0.951. The van der Waals surface area contributed by atoms with Crippen molar-refractivity contribution in [1.29, 1.82) is 0 Å². The van der Waals surface area contributed by atoms with E-state index in [0.29, 0.717) is 19.6 Å². The van der Waals surface area contributed by atoms with Crippen LogP contribution in [-0.2, 0) is 16.0 Å². The van der Waals surface area contributed by atoms with Crippen LogP contribution in [-0.4, -0.2) is 44.6 Å². The lowest BCUT2D eigenvalue weighted by Gasteiger charge is -2.15. The van der Waals surface area contributed by atoms with E-state index in [-0.39, 0.29) is 5.92 Å². The van der Waals surface area contributed by atoms with Gasteiger partial charge in [-0.05, 0) is 54.3 Å². The van der Waals surface area contributed by atoms with Crippen molar-refractivity contribution in [3.05, 3.63) is 77.4 Å². The second-order valence-corrected chi connectivity index (χ2v) is 8.17. The summed E-state index contributed by atoms with van der Waals surface area (Å²) in [7, 11) is 3.38. The van der Waals surface area contributed by atoms with Crippen molar-refractivity contribution < 1.29 is 28.8 Å². The largest absolute Gasteiger partial charge is 0.496 e. The molecule has 3 aromatic rings. The molecular weight excluding hydrogens is 432 g/mol.